The molecule has 0 radical (unpaired) electrons. The Bertz CT molecular complexity index is 814. The summed E-state index contributed by atoms with van der Waals surface area (Å²) in [5.74, 6) is 0.894. The summed E-state index contributed by atoms with van der Waals surface area (Å²) in [6.07, 6.45) is 0. The Labute approximate surface area is 135 Å². The van der Waals surface area contributed by atoms with Gasteiger partial charge < -0.3 is 10.1 Å². The first-order valence-electron chi connectivity index (χ1n) is 7.24. The molecule has 3 rings (SSSR count). The van der Waals surface area contributed by atoms with Crippen molar-refractivity contribution in [3.05, 3.63) is 70.7 Å². The number of hydrogen-bond acceptors (Lipinski definition) is 2. The number of methoxy groups -OCH3 is 1. The quantitative estimate of drug-likeness (QED) is 0.694. The van der Waals surface area contributed by atoms with Crippen LogP contribution in [0.5, 0.6) is 5.75 Å². The third kappa shape index (κ3) is 2.75. The highest BCUT2D eigenvalue weighted by atomic mass is 35.5. The van der Waals surface area contributed by atoms with E-state index in [0.717, 1.165) is 27.6 Å². The van der Waals surface area contributed by atoms with Gasteiger partial charge in [0.05, 0.1) is 7.11 Å². The topological polar surface area (TPSA) is 21.3 Å². The third-order valence-corrected chi connectivity index (χ3v) is 4.35. The van der Waals surface area contributed by atoms with Crippen LogP contribution in [0.25, 0.3) is 10.8 Å². The average Bonchev–Trinajstić information content (AvgIpc) is 2.56. The van der Waals surface area contributed by atoms with Crippen LogP contribution in [0.1, 0.15) is 11.1 Å². The maximum atomic E-state index is 6.18. The maximum absolute atomic E-state index is 6.18. The van der Waals surface area contributed by atoms with E-state index in [9.17, 15) is 0 Å². The molecule has 3 aromatic carbocycles. The number of fused-ring (bicyclic) bond motifs is 1. The molecule has 1 N–H and O–H groups in total. The van der Waals surface area contributed by atoms with Crippen molar-refractivity contribution in [1.29, 1.82) is 0 Å². The van der Waals surface area contributed by atoms with Gasteiger partial charge in [0.25, 0.3) is 0 Å². The first-order chi connectivity index (χ1) is 10.7. The van der Waals surface area contributed by atoms with E-state index in [0.29, 0.717) is 6.54 Å². The molecule has 0 spiro atoms. The monoisotopic (exact) mass is 311 g/mol. The van der Waals surface area contributed by atoms with Crippen LogP contribution in [0.2, 0.25) is 5.02 Å². The fourth-order valence-corrected chi connectivity index (χ4v) is 2.85. The molecule has 0 bridgehead atoms. The number of halogens is 1. The Morgan fingerprint density at radius 2 is 1.82 bits per heavy atom. The van der Waals surface area contributed by atoms with Gasteiger partial charge in [-0.25, -0.2) is 0 Å². The Morgan fingerprint density at radius 1 is 1.00 bits per heavy atom. The molecular formula is C19H18ClNO. The van der Waals surface area contributed by atoms with E-state index in [1.165, 1.54) is 10.8 Å². The van der Waals surface area contributed by atoms with Crippen LogP contribution < -0.4 is 10.1 Å². The van der Waals surface area contributed by atoms with Crippen molar-refractivity contribution in [1.82, 2.24) is 0 Å². The molecule has 0 unspecified atom stereocenters. The van der Waals surface area contributed by atoms with Crippen LogP contribution in [0.15, 0.2) is 54.6 Å². The number of anilines is 1. The summed E-state index contributed by atoms with van der Waals surface area (Å²) in [5.41, 5.74) is 3.26. The van der Waals surface area contributed by atoms with Gasteiger partial charge in [-0.1, -0.05) is 48.0 Å². The first kappa shape index (κ1) is 14.7. The van der Waals surface area contributed by atoms with Crippen LogP contribution >= 0.6 is 11.6 Å². The van der Waals surface area contributed by atoms with E-state index in [4.69, 9.17) is 16.3 Å². The lowest BCUT2D eigenvalue weighted by Gasteiger charge is -2.15. The van der Waals surface area contributed by atoms with Crippen LogP contribution in [-0.2, 0) is 6.54 Å². The van der Waals surface area contributed by atoms with Crippen molar-refractivity contribution in [2.45, 2.75) is 13.5 Å². The van der Waals surface area contributed by atoms with E-state index in [1.54, 1.807) is 7.11 Å². The summed E-state index contributed by atoms with van der Waals surface area (Å²) in [7, 11) is 1.71. The second-order valence-corrected chi connectivity index (χ2v) is 5.64. The highest BCUT2D eigenvalue weighted by molar-refractivity contribution is 6.31. The standard InChI is InChI=1S/C19H18ClNO/c1-13-17(20)8-5-9-18(13)21-12-16-15-7-4-3-6-14(15)10-11-19(16)22-2/h3-11,21H,12H2,1-2H3. The molecule has 112 valence electrons. The van der Waals surface area contributed by atoms with Crippen molar-refractivity contribution in [2.24, 2.45) is 0 Å². The Balaban J connectivity index is 1.98. The SMILES string of the molecule is COc1ccc2ccccc2c1CNc1cccc(Cl)c1C. The van der Waals surface area contributed by atoms with Crippen LogP contribution in [0, 0.1) is 6.92 Å². The number of nitrogens with one attached hydrogen (secondary N) is 1. The Kier molecular flexibility index (Phi) is 4.21. The van der Waals surface area contributed by atoms with E-state index >= 15 is 0 Å². The third-order valence-electron chi connectivity index (χ3n) is 3.94. The van der Waals surface area contributed by atoms with E-state index in [1.807, 2.05) is 37.3 Å². The molecule has 22 heavy (non-hydrogen) atoms. The fourth-order valence-electron chi connectivity index (χ4n) is 2.67. The van der Waals surface area contributed by atoms with Gasteiger partial charge in [-0.2, -0.15) is 0 Å². The number of ether oxygens (including phenoxy) is 1. The van der Waals surface area contributed by atoms with Crippen LogP contribution in [-0.4, -0.2) is 7.11 Å². The molecule has 0 saturated heterocycles. The zero-order valence-corrected chi connectivity index (χ0v) is 13.4. The van der Waals surface area contributed by atoms with Gasteiger partial charge >= 0.3 is 0 Å². The molecule has 3 aromatic rings. The minimum Gasteiger partial charge on any atom is -0.496 e. The smallest absolute Gasteiger partial charge is 0.124 e. The highest BCUT2D eigenvalue weighted by Gasteiger charge is 2.09. The lowest BCUT2D eigenvalue weighted by molar-refractivity contribution is 0.411. The molecule has 2 nitrogen and oxygen atoms in total. The molecule has 0 amide bonds. The zero-order valence-electron chi connectivity index (χ0n) is 12.7. The van der Waals surface area contributed by atoms with Crippen LogP contribution in [0.4, 0.5) is 5.69 Å². The molecule has 0 fully saturated rings. The van der Waals surface area contributed by atoms with Gasteiger partial charge in [-0.05, 0) is 41.5 Å². The van der Waals surface area contributed by atoms with Gasteiger partial charge in [0.2, 0.25) is 0 Å². The van der Waals surface area contributed by atoms with Gasteiger partial charge in [0.1, 0.15) is 5.75 Å². The van der Waals surface area contributed by atoms with Gasteiger partial charge in [0.15, 0.2) is 0 Å². The minimum absolute atomic E-state index is 0.686. The van der Waals surface area contributed by atoms with Crippen molar-refractivity contribution >= 4 is 28.1 Å². The second kappa shape index (κ2) is 6.29. The van der Waals surface area contributed by atoms with E-state index in [2.05, 4.69) is 29.6 Å². The number of rotatable bonds is 4. The predicted octanol–water partition coefficient (Wildman–Crippen LogP) is 5.42. The summed E-state index contributed by atoms with van der Waals surface area (Å²) >= 11 is 6.18. The Hall–Kier alpha value is -2.19. The van der Waals surface area contributed by atoms with Gasteiger partial charge in [-0.3, -0.25) is 0 Å². The van der Waals surface area contributed by atoms with E-state index in [-0.39, 0.29) is 0 Å². The summed E-state index contributed by atoms with van der Waals surface area (Å²) in [4.78, 5) is 0. The van der Waals surface area contributed by atoms with Crippen molar-refractivity contribution in [2.75, 3.05) is 12.4 Å². The highest BCUT2D eigenvalue weighted by Crippen LogP contribution is 2.30. The first-order valence-corrected chi connectivity index (χ1v) is 7.62. The van der Waals surface area contributed by atoms with Crippen molar-refractivity contribution in [3.8, 4) is 5.75 Å². The molecule has 0 aromatic heterocycles. The van der Waals surface area contributed by atoms with Crippen LogP contribution in [0.3, 0.4) is 0 Å². The molecular weight excluding hydrogens is 294 g/mol. The van der Waals surface area contributed by atoms with Gasteiger partial charge in [-0.15, -0.1) is 0 Å². The fraction of sp³-hybridized carbons (Fsp3) is 0.158. The van der Waals surface area contributed by atoms with Crippen molar-refractivity contribution in [3.63, 3.8) is 0 Å². The lowest BCUT2D eigenvalue weighted by atomic mass is 10.0. The largest absolute Gasteiger partial charge is 0.496 e. The lowest BCUT2D eigenvalue weighted by Crippen LogP contribution is -2.04. The Morgan fingerprint density at radius 3 is 2.64 bits per heavy atom. The average molecular weight is 312 g/mol. The zero-order chi connectivity index (χ0) is 15.5. The molecule has 0 aliphatic carbocycles. The summed E-state index contributed by atoms with van der Waals surface area (Å²) in [5, 5.41) is 6.66. The molecule has 0 aliphatic rings. The second-order valence-electron chi connectivity index (χ2n) is 5.23. The van der Waals surface area contributed by atoms with E-state index < -0.39 is 0 Å². The predicted molar refractivity (Wildman–Crippen MR) is 94.0 cm³/mol. The summed E-state index contributed by atoms with van der Waals surface area (Å²) < 4.78 is 5.53. The minimum atomic E-state index is 0.686. The van der Waals surface area contributed by atoms with Gasteiger partial charge in [0, 0.05) is 22.8 Å². The summed E-state index contributed by atoms with van der Waals surface area (Å²) in [6, 6.07) is 18.3. The number of hydrogen-bond donors (Lipinski definition) is 1. The molecule has 0 atom stereocenters. The molecule has 0 aliphatic heterocycles. The molecule has 0 saturated carbocycles. The summed E-state index contributed by atoms with van der Waals surface area (Å²) in [6.45, 7) is 2.71. The number of benzene rings is 3. The molecule has 0 heterocycles. The van der Waals surface area contributed by atoms with Crippen molar-refractivity contribution < 1.29 is 4.74 Å². The molecule has 3 heteroatoms. The normalized spacial score (nSPS) is 10.7. The maximum Gasteiger partial charge on any atom is 0.124 e.